The van der Waals surface area contributed by atoms with Crippen molar-refractivity contribution in [3.8, 4) is 17.3 Å². The number of nitriles is 1. The van der Waals surface area contributed by atoms with Crippen molar-refractivity contribution < 1.29 is 0 Å². The molecular formula is C28H32N6O. The molecule has 180 valence electrons. The SMILES string of the molecule is CC1c2cccn2CCN1Cc1ccc(C#N)c(-c2ccc3c(n2)n(C)c(=O)n3CC(C)(C)C)c1. The summed E-state index contributed by atoms with van der Waals surface area (Å²) in [5, 5.41) is 9.81. The first-order valence-corrected chi connectivity index (χ1v) is 12.1. The molecule has 1 aromatic carbocycles. The lowest BCUT2D eigenvalue weighted by atomic mass is 9.97. The van der Waals surface area contributed by atoms with E-state index in [1.165, 1.54) is 5.69 Å². The van der Waals surface area contributed by atoms with Gasteiger partial charge < -0.3 is 4.57 Å². The summed E-state index contributed by atoms with van der Waals surface area (Å²) in [6.07, 6.45) is 2.15. The number of nitrogens with zero attached hydrogens (tertiary/aromatic N) is 6. The van der Waals surface area contributed by atoms with Crippen molar-refractivity contribution in [2.24, 2.45) is 12.5 Å². The maximum atomic E-state index is 12.9. The molecule has 0 spiro atoms. The minimum atomic E-state index is -0.0716. The first-order chi connectivity index (χ1) is 16.7. The van der Waals surface area contributed by atoms with Crippen LogP contribution in [0.3, 0.4) is 0 Å². The van der Waals surface area contributed by atoms with Gasteiger partial charge in [0.15, 0.2) is 5.65 Å². The lowest BCUT2D eigenvalue weighted by Gasteiger charge is -2.35. The Kier molecular flexibility index (Phi) is 5.65. The molecule has 35 heavy (non-hydrogen) atoms. The topological polar surface area (TPSA) is 71.8 Å². The third kappa shape index (κ3) is 4.19. The number of benzene rings is 1. The Morgan fingerprint density at radius 2 is 1.94 bits per heavy atom. The first-order valence-electron chi connectivity index (χ1n) is 12.1. The number of rotatable bonds is 4. The van der Waals surface area contributed by atoms with Crippen LogP contribution in [-0.4, -0.2) is 30.1 Å². The Labute approximate surface area is 205 Å². The predicted octanol–water partition coefficient (Wildman–Crippen LogP) is 4.70. The number of hydrogen-bond acceptors (Lipinski definition) is 4. The average molecular weight is 469 g/mol. The molecular weight excluding hydrogens is 436 g/mol. The van der Waals surface area contributed by atoms with E-state index in [9.17, 15) is 10.1 Å². The van der Waals surface area contributed by atoms with E-state index in [-0.39, 0.29) is 11.1 Å². The van der Waals surface area contributed by atoms with Crippen LogP contribution in [0.4, 0.5) is 0 Å². The van der Waals surface area contributed by atoms with E-state index in [0.717, 1.165) is 36.3 Å². The molecule has 4 heterocycles. The highest BCUT2D eigenvalue weighted by Gasteiger charge is 2.24. The molecule has 1 unspecified atom stereocenters. The molecule has 3 aromatic heterocycles. The van der Waals surface area contributed by atoms with Crippen molar-refractivity contribution in [2.75, 3.05) is 6.54 Å². The highest BCUT2D eigenvalue weighted by molar-refractivity contribution is 5.78. The smallest absolute Gasteiger partial charge is 0.330 e. The van der Waals surface area contributed by atoms with Crippen LogP contribution in [0, 0.1) is 16.7 Å². The second kappa shape index (κ2) is 8.54. The number of imidazole rings is 1. The minimum Gasteiger partial charge on any atom is -0.349 e. The molecule has 4 aromatic rings. The second-order valence-electron chi connectivity index (χ2n) is 10.8. The van der Waals surface area contributed by atoms with Crippen LogP contribution in [-0.2, 0) is 26.7 Å². The Balaban J connectivity index is 1.52. The zero-order chi connectivity index (χ0) is 24.9. The van der Waals surface area contributed by atoms with Gasteiger partial charge in [0.1, 0.15) is 0 Å². The fourth-order valence-electron chi connectivity index (χ4n) is 5.13. The molecule has 0 saturated heterocycles. The normalized spacial score (nSPS) is 16.4. The third-order valence-corrected chi connectivity index (χ3v) is 6.95. The Hall–Kier alpha value is -3.63. The van der Waals surface area contributed by atoms with Gasteiger partial charge in [-0.3, -0.25) is 14.0 Å². The molecule has 0 bridgehead atoms. The third-order valence-electron chi connectivity index (χ3n) is 6.95. The van der Waals surface area contributed by atoms with Gasteiger partial charge in [0.05, 0.1) is 22.8 Å². The van der Waals surface area contributed by atoms with Crippen molar-refractivity contribution in [1.82, 2.24) is 23.6 Å². The molecule has 0 amide bonds. The van der Waals surface area contributed by atoms with Crippen LogP contribution >= 0.6 is 0 Å². The summed E-state index contributed by atoms with van der Waals surface area (Å²) in [6, 6.07) is 16.8. The van der Waals surface area contributed by atoms with Crippen molar-refractivity contribution in [2.45, 2.75) is 53.4 Å². The van der Waals surface area contributed by atoms with Gasteiger partial charge in [-0.25, -0.2) is 9.78 Å². The van der Waals surface area contributed by atoms with Crippen LogP contribution in [0.5, 0.6) is 0 Å². The molecule has 7 heteroatoms. The standard InChI is InChI=1S/C28H32N6O/c1-19-24-7-6-12-32(24)13-14-33(19)17-20-8-9-21(16-29)22(15-20)23-10-11-25-26(30-23)31(5)27(35)34(25)18-28(2,3)4/h6-12,15,19H,13-14,17-18H2,1-5H3. The van der Waals surface area contributed by atoms with Crippen molar-refractivity contribution in [1.29, 1.82) is 5.26 Å². The number of hydrogen-bond donors (Lipinski definition) is 0. The quantitative estimate of drug-likeness (QED) is 0.435. The second-order valence-corrected chi connectivity index (χ2v) is 10.8. The molecule has 0 saturated carbocycles. The molecule has 1 aliphatic rings. The summed E-state index contributed by atoms with van der Waals surface area (Å²) in [4.78, 5) is 20.3. The summed E-state index contributed by atoms with van der Waals surface area (Å²) >= 11 is 0. The number of pyridine rings is 1. The van der Waals surface area contributed by atoms with Gasteiger partial charge in [0.2, 0.25) is 0 Å². The van der Waals surface area contributed by atoms with Gasteiger partial charge in [-0.05, 0) is 54.3 Å². The fourth-order valence-corrected chi connectivity index (χ4v) is 5.13. The molecule has 5 rings (SSSR count). The maximum absolute atomic E-state index is 12.9. The summed E-state index contributed by atoms with van der Waals surface area (Å²) < 4.78 is 5.72. The van der Waals surface area contributed by atoms with Crippen LogP contribution in [0.15, 0.2) is 53.5 Å². The van der Waals surface area contributed by atoms with Gasteiger partial charge in [-0.15, -0.1) is 0 Å². The largest absolute Gasteiger partial charge is 0.349 e. The monoisotopic (exact) mass is 468 g/mol. The van der Waals surface area contributed by atoms with Gasteiger partial charge >= 0.3 is 5.69 Å². The highest BCUT2D eigenvalue weighted by atomic mass is 16.1. The van der Waals surface area contributed by atoms with E-state index in [1.807, 2.05) is 24.3 Å². The maximum Gasteiger partial charge on any atom is 0.330 e. The van der Waals surface area contributed by atoms with E-state index in [4.69, 9.17) is 4.98 Å². The minimum absolute atomic E-state index is 0.0354. The van der Waals surface area contributed by atoms with E-state index >= 15 is 0 Å². The summed E-state index contributed by atoms with van der Waals surface area (Å²) in [6.45, 7) is 12.0. The lowest BCUT2D eigenvalue weighted by molar-refractivity contribution is 0.161. The van der Waals surface area contributed by atoms with Gasteiger partial charge in [0, 0.05) is 56.7 Å². The molecule has 7 nitrogen and oxygen atoms in total. The van der Waals surface area contributed by atoms with Gasteiger partial charge in [-0.1, -0.05) is 26.8 Å². The molecule has 0 fully saturated rings. The predicted molar refractivity (Wildman–Crippen MR) is 138 cm³/mol. The first kappa shape index (κ1) is 23.1. The van der Waals surface area contributed by atoms with Crippen LogP contribution in [0.25, 0.3) is 22.4 Å². The van der Waals surface area contributed by atoms with E-state index in [0.29, 0.717) is 29.5 Å². The zero-order valence-corrected chi connectivity index (χ0v) is 21.1. The fraction of sp³-hybridized carbons (Fsp3) is 0.393. The highest BCUT2D eigenvalue weighted by Crippen LogP contribution is 2.30. The Morgan fingerprint density at radius 3 is 2.69 bits per heavy atom. The zero-order valence-electron chi connectivity index (χ0n) is 21.1. The molecule has 0 radical (unpaired) electrons. The Morgan fingerprint density at radius 1 is 1.14 bits per heavy atom. The van der Waals surface area contributed by atoms with Crippen LogP contribution < -0.4 is 5.69 Å². The lowest BCUT2D eigenvalue weighted by Crippen LogP contribution is -2.35. The number of aromatic nitrogens is 4. The van der Waals surface area contributed by atoms with E-state index in [1.54, 1.807) is 16.2 Å². The summed E-state index contributed by atoms with van der Waals surface area (Å²) in [5.74, 6) is 0. The van der Waals surface area contributed by atoms with Crippen LogP contribution in [0.1, 0.15) is 50.6 Å². The molecule has 1 atom stereocenters. The summed E-state index contributed by atoms with van der Waals surface area (Å²) in [5.41, 5.74) is 5.91. The molecule has 0 N–H and O–H groups in total. The summed E-state index contributed by atoms with van der Waals surface area (Å²) in [7, 11) is 1.76. The van der Waals surface area contributed by atoms with Crippen LogP contribution in [0.2, 0.25) is 0 Å². The Bertz CT molecular complexity index is 1510. The molecule has 0 aliphatic carbocycles. The number of fused-ring (bicyclic) bond motifs is 2. The van der Waals surface area contributed by atoms with E-state index < -0.39 is 0 Å². The van der Waals surface area contributed by atoms with Crippen molar-refractivity contribution in [3.63, 3.8) is 0 Å². The number of aryl methyl sites for hydroxylation is 1. The molecule has 1 aliphatic heterocycles. The average Bonchev–Trinajstić information content (AvgIpc) is 3.40. The van der Waals surface area contributed by atoms with Gasteiger partial charge in [0.25, 0.3) is 0 Å². The van der Waals surface area contributed by atoms with Crippen molar-refractivity contribution in [3.05, 3.63) is 76.0 Å². The van der Waals surface area contributed by atoms with Gasteiger partial charge in [-0.2, -0.15) is 5.26 Å². The van der Waals surface area contributed by atoms with E-state index in [2.05, 4.69) is 67.6 Å². The van der Waals surface area contributed by atoms with Crippen molar-refractivity contribution >= 4 is 11.2 Å².